The Hall–Kier alpha value is -3.33. The van der Waals surface area contributed by atoms with E-state index in [2.05, 4.69) is 15.7 Å². The van der Waals surface area contributed by atoms with Gasteiger partial charge in [0.25, 0.3) is 11.8 Å². The molecule has 1 saturated heterocycles. The van der Waals surface area contributed by atoms with Crippen LogP contribution in [0.25, 0.3) is 0 Å². The van der Waals surface area contributed by atoms with E-state index in [9.17, 15) is 18.8 Å². The molecule has 2 aliphatic rings. The lowest BCUT2D eigenvalue weighted by molar-refractivity contribution is -0.123. The van der Waals surface area contributed by atoms with Crippen LogP contribution in [-0.2, 0) is 14.4 Å². The molecule has 28 heavy (non-hydrogen) atoms. The molecule has 2 heterocycles. The minimum Gasteiger partial charge on any atom is -0.324 e. The highest BCUT2D eigenvalue weighted by molar-refractivity contribution is 6.31. The quantitative estimate of drug-likeness (QED) is 0.796. The van der Waals surface area contributed by atoms with Crippen molar-refractivity contribution >= 4 is 40.7 Å². The second-order valence-corrected chi connectivity index (χ2v) is 6.67. The average Bonchev–Trinajstić information content (AvgIpc) is 3.18. The molecule has 0 saturated carbocycles. The topological polar surface area (TPSA) is 94.4 Å². The van der Waals surface area contributed by atoms with E-state index in [0.717, 1.165) is 4.90 Å². The molecule has 8 nitrogen and oxygen atoms in total. The summed E-state index contributed by atoms with van der Waals surface area (Å²) in [6.45, 7) is -0.282. The van der Waals surface area contributed by atoms with E-state index in [4.69, 9.17) is 11.6 Å². The van der Waals surface area contributed by atoms with E-state index < -0.39 is 35.6 Å². The molecular weight excluding hydrogens is 389 g/mol. The standard InChI is InChI=1S/C18H13ClFN5O3/c19-10-1-7-13(8-2-10)25-17(27)15-16(18(25)28)24(23-22-15)9-14(26)21-12-5-3-11(20)4-6-12/h1-8,15-16H,9H2,(H,21,26)/t15-,16-/m1/s1. The van der Waals surface area contributed by atoms with Crippen LogP contribution in [0, 0.1) is 5.82 Å². The molecule has 0 aromatic heterocycles. The number of hydrogen-bond donors (Lipinski definition) is 1. The van der Waals surface area contributed by atoms with Gasteiger partial charge in [-0.2, -0.15) is 5.11 Å². The highest BCUT2D eigenvalue weighted by Gasteiger charge is 2.55. The summed E-state index contributed by atoms with van der Waals surface area (Å²) in [6.07, 6.45) is 0. The zero-order chi connectivity index (χ0) is 19.8. The SMILES string of the molecule is O=C(CN1N=N[C@H]2C(=O)N(c3ccc(Cl)cc3)C(=O)[C@@H]21)Nc1ccc(F)cc1. The van der Waals surface area contributed by atoms with Crippen molar-refractivity contribution in [3.8, 4) is 0 Å². The number of rotatable bonds is 4. The van der Waals surface area contributed by atoms with Crippen molar-refractivity contribution in [3.05, 3.63) is 59.4 Å². The van der Waals surface area contributed by atoms with Crippen LogP contribution in [0.3, 0.4) is 0 Å². The zero-order valence-electron chi connectivity index (χ0n) is 14.3. The minimum absolute atomic E-state index is 0.282. The van der Waals surface area contributed by atoms with E-state index in [1.165, 1.54) is 29.3 Å². The number of benzene rings is 2. The van der Waals surface area contributed by atoms with Crippen molar-refractivity contribution in [2.45, 2.75) is 12.1 Å². The van der Waals surface area contributed by atoms with Crippen LogP contribution in [0.15, 0.2) is 58.9 Å². The molecule has 0 unspecified atom stereocenters. The molecule has 0 aliphatic carbocycles. The Morgan fingerprint density at radius 3 is 2.43 bits per heavy atom. The first-order chi connectivity index (χ1) is 13.4. The number of carbonyl (C=O) groups is 3. The summed E-state index contributed by atoms with van der Waals surface area (Å²) in [6, 6.07) is 9.52. The van der Waals surface area contributed by atoms with E-state index in [1.54, 1.807) is 24.3 Å². The third-order valence-corrected chi connectivity index (χ3v) is 4.63. The fraction of sp³-hybridized carbons (Fsp3) is 0.167. The minimum atomic E-state index is -0.998. The number of hydrogen-bond acceptors (Lipinski definition) is 6. The number of halogens is 2. The second-order valence-electron chi connectivity index (χ2n) is 6.24. The van der Waals surface area contributed by atoms with Crippen LogP contribution in [0.2, 0.25) is 5.02 Å². The van der Waals surface area contributed by atoms with Gasteiger partial charge >= 0.3 is 0 Å². The third kappa shape index (κ3) is 3.20. The van der Waals surface area contributed by atoms with Crippen LogP contribution in [-0.4, -0.2) is 41.4 Å². The molecule has 0 bridgehead atoms. The fourth-order valence-electron chi connectivity index (χ4n) is 3.08. The molecule has 2 aromatic carbocycles. The monoisotopic (exact) mass is 401 g/mol. The van der Waals surface area contributed by atoms with Crippen molar-refractivity contribution in [1.82, 2.24) is 5.01 Å². The lowest BCUT2D eigenvalue weighted by Gasteiger charge is -2.20. The normalized spacial score (nSPS) is 20.6. The summed E-state index contributed by atoms with van der Waals surface area (Å²) in [5, 5.41) is 11.9. The van der Waals surface area contributed by atoms with Gasteiger partial charge in [0.05, 0.1) is 5.69 Å². The predicted molar refractivity (Wildman–Crippen MR) is 98.1 cm³/mol. The molecule has 0 spiro atoms. The van der Waals surface area contributed by atoms with E-state index >= 15 is 0 Å². The smallest absolute Gasteiger partial charge is 0.263 e. The molecular formula is C18H13ClFN5O3. The fourth-order valence-corrected chi connectivity index (χ4v) is 3.21. The Kier molecular flexibility index (Phi) is 4.52. The van der Waals surface area contributed by atoms with Crippen molar-refractivity contribution in [2.75, 3.05) is 16.8 Å². The first kappa shape index (κ1) is 18.1. The molecule has 2 aromatic rings. The number of nitrogens with one attached hydrogen (secondary N) is 1. The molecule has 1 fully saturated rings. The number of carbonyl (C=O) groups excluding carboxylic acids is 3. The maximum Gasteiger partial charge on any atom is 0.263 e. The Labute approximate surface area is 163 Å². The zero-order valence-corrected chi connectivity index (χ0v) is 15.0. The first-order valence-corrected chi connectivity index (χ1v) is 8.68. The van der Waals surface area contributed by atoms with Gasteiger partial charge in [-0.25, -0.2) is 9.29 Å². The summed E-state index contributed by atoms with van der Waals surface area (Å²) >= 11 is 5.85. The second kappa shape index (κ2) is 7.01. The van der Waals surface area contributed by atoms with Crippen LogP contribution in [0.1, 0.15) is 0 Å². The van der Waals surface area contributed by atoms with Crippen molar-refractivity contribution in [1.29, 1.82) is 0 Å². The molecule has 2 aliphatic heterocycles. The van der Waals surface area contributed by atoms with Crippen molar-refractivity contribution in [3.63, 3.8) is 0 Å². The van der Waals surface area contributed by atoms with Crippen LogP contribution in [0.5, 0.6) is 0 Å². The maximum atomic E-state index is 12.9. The number of nitrogens with zero attached hydrogens (tertiary/aromatic N) is 4. The largest absolute Gasteiger partial charge is 0.324 e. The van der Waals surface area contributed by atoms with E-state index in [0.29, 0.717) is 16.4 Å². The molecule has 142 valence electrons. The first-order valence-electron chi connectivity index (χ1n) is 8.30. The molecule has 4 rings (SSSR count). The lowest BCUT2D eigenvalue weighted by atomic mass is 10.1. The molecule has 10 heteroatoms. The molecule has 1 N–H and O–H groups in total. The van der Waals surface area contributed by atoms with Crippen molar-refractivity contribution < 1.29 is 18.8 Å². The van der Waals surface area contributed by atoms with Gasteiger partial charge in [-0.15, -0.1) is 0 Å². The van der Waals surface area contributed by atoms with Gasteiger partial charge in [-0.1, -0.05) is 16.8 Å². The Bertz CT molecular complexity index is 980. The van der Waals surface area contributed by atoms with Gasteiger partial charge in [-0.05, 0) is 48.5 Å². The Morgan fingerprint density at radius 1 is 1.07 bits per heavy atom. The summed E-state index contributed by atoms with van der Waals surface area (Å²) in [7, 11) is 0. The number of amides is 3. The van der Waals surface area contributed by atoms with E-state index in [-0.39, 0.29) is 6.54 Å². The number of imide groups is 1. The lowest BCUT2D eigenvalue weighted by Crippen LogP contribution is -2.43. The van der Waals surface area contributed by atoms with Gasteiger partial charge in [-0.3, -0.25) is 19.4 Å². The van der Waals surface area contributed by atoms with Crippen LogP contribution < -0.4 is 10.2 Å². The van der Waals surface area contributed by atoms with Gasteiger partial charge in [0.2, 0.25) is 5.91 Å². The molecule has 3 amide bonds. The molecule has 2 atom stereocenters. The van der Waals surface area contributed by atoms with Gasteiger partial charge in [0.1, 0.15) is 12.4 Å². The van der Waals surface area contributed by atoms with Crippen LogP contribution >= 0.6 is 11.6 Å². The Balaban J connectivity index is 1.48. The Morgan fingerprint density at radius 2 is 1.75 bits per heavy atom. The number of fused-ring (bicyclic) bond motifs is 1. The summed E-state index contributed by atoms with van der Waals surface area (Å²) < 4.78 is 12.9. The van der Waals surface area contributed by atoms with Gasteiger partial charge < -0.3 is 5.32 Å². The highest BCUT2D eigenvalue weighted by atomic mass is 35.5. The maximum absolute atomic E-state index is 12.9. The summed E-state index contributed by atoms with van der Waals surface area (Å²) in [5.74, 6) is -1.93. The molecule has 0 radical (unpaired) electrons. The van der Waals surface area contributed by atoms with Gasteiger partial charge in [0, 0.05) is 10.7 Å². The number of anilines is 2. The average molecular weight is 402 g/mol. The van der Waals surface area contributed by atoms with Crippen LogP contribution in [0.4, 0.5) is 15.8 Å². The highest BCUT2D eigenvalue weighted by Crippen LogP contribution is 2.32. The van der Waals surface area contributed by atoms with Crippen molar-refractivity contribution in [2.24, 2.45) is 10.3 Å². The summed E-state index contributed by atoms with van der Waals surface area (Å²) in [4.78, 5) is 38.7. The summed E-state index contributed by atoms with van der Waals surface area (Å²) in [5.41, 5.74) is 0.774. The van der Waals surface area contributed by atoms with E-state index in [1.807, 2.05) is 0 Å². The predicted octanol–water partition coefficient (Wildman–Crippen LogP) is 2.41. The third-order valence-electron chi connectivity index (χ3n) is 4.38. The van der Waals surface area contributed by atoms with Gasteiger partial charge in [0.15, 0.2) is 12.1 Å².